The SMILES string of the molecule is CCCCN1CCCCC1c1cccnc1SCC. The zero-order chi connectivity index (χ0) is 13.5. The molecule has 106 valence electrons. The summed E-state index contributed by atoms with van der Waals surface area (Å²) in [5.41, 5.74) is 1.46. The first kappa shape index (κ1) is 14.9. The lowest BCUT2D eigenvalue weighted by Gasteiger charge is -2.36. The first-order valence-electron chi connectivity index (χ1n) is 7.68. The molecule has 0 aliphatic carbocycles. The minimum atomic E-state index is 0.600. The van der Waals surface area contributed by atoms with Gasteiger partial charge in [-0.15, -0.1) is 11.8 Å². The highest BCUT2D eigenvalue weighted by Gasteiger charge is 2.25. The molecule has 1 unspecified atom stereocenters. The number of likely N-dealkylation sites (tertiary alicyclic amines) is 1. The smallest absolute Gasteiger partial charge is 0.101 e. The van der Waals surface area contributed by atoms with E-state index < -0.39 is 0 Å². The van der Waals surface area contributed by atoms with Crippen LogP contribution in [-0.4, -0.2) is 28.7 Å². The van der Waals surface area contributed by atoms with Crippen LogP contribution in [0.5, 0.6) is 0 Å². The van der Waals surface area contributed by atoms with Gasteiger partial charge in [-0.25, -0.2) is 4.98 Å². The van der Waals surface area contributed by atoms with E-state index in [-0.39, 0.29) is 0 Å². The summed E-state index contributed by atoms with van der Waals surface area (Å²) in [6.45, 7) is 6.99. The van der Waals surface area contributed by atoms with Gasteiger partial charge >= 0.3 is 0 Å². The van der Waals surface area contributed by atoms with Gasteiger partial charge in [0.1, 0.15) is 5.03 Å². The third kappa shape index (κ3) is 3.96. The minimum absolute atomic E-state index is 0.600. The fraction of sp³-hybridized carbons (Fsp3) is 0.688. The van der Waals surface area contributed by atoms with Crippen molar-refractivity contribution < 1.29 is 0 Å². The van der Waals surface area contributed by atoms with Crippen molar-refractivity contribution in [2.75, 3.05) is 18.8 Å². The number of unbranched alkanes of at least 4 members (excludes halogenated alkanes) is 1. The van der Waals surface area contributed by atoms with E-state index in [2.05, 4.69) is 35.9 Å². The zero-order valence-electron chi connectivity index (χ0n) is 12.3. The number of aromatic nitrogens is 1. The van der Waals surface area contributed by atoms with Gasteiger partial charge in [-0.2, -0.15) is 0 Å². The molecule has 1 fully saturated rings. The van der Waals surface area contributed by atoms with Gasteiger partial charge in [0.15, 0.2) is 0 Å². The largest absolute Gasteiger partial charge is 0.296 e. The number of hydrogen-bond acceptors (Lipinski definition) is 3. The Balaban J connectivity index is 2.16. The molecule has 1 aromatic rings. The van der Waals surface area contributed by atoms with Crippen molar-refractivity contribution in [3.05, 3.63) is 23.9 Å². The Hall–Kier alpha value is -0.540. The molecular formula is C16H26N2S. The summed E-state index contributed by atoms with van der Waals surface area (Å²) in [5, 5.41) is 1.25. The van der Waals surface area contributed by atoms with Crippen LogP contribution in [0.25, 0.3) is 0 Å². The highest BCUT2D eigenvalue weighted by molar-refractivity contribution is 7.99. The maximum atomic E-state index is 4.59. The average molecular weight is 278 g/mol. The van der Waals surface area contributed by atoms with Crippen LogP contribution in [0.4, 0.5) is 0 Å². The monoisotopic (exact) mass is 278 g/mol. The topological polar surface area (TPSA) is 16.1 Å². The number of hydrogen-bond donors (Lipinski definition) is 0. The lowest BCUT2D eigenvalue weighted by atomic mass is 9.96. The molecule has 0 radical (unpaired) electrons. The second kappa shape index (κ2) is 7.91. The second-order valence-electron chi connectivity index (χ2n) is 5.23. The zero-order valence-corrected chi connectivity index (χ0v) is 13.1. The first-order chi connectivity index (χ1) is 9.36. The normalized spacial score (nSPS) is 20.6. The molecule has 0 spiro atoms. The molecule has 3 heteroatoms. The van der Waals surface area contributed by atoms with Crippen molar-refractivity contribution in [2.45, 2.75) is 57.0 Å². The summed E-state index contributed by atoms with van der Waals surface area (Å²) in [6.07, 6.45) is 8.54. The fourth-order valence-corrected chi connectivity index (χ4v) is 3.67. The van der Waals surface area contributed by atoms with Gasteiger partial charge in [-0.3, -0.25) is 4.90 Å². The van der Waals surface area contributed by atoms with Crippen molar-refractivity contribution in [2.24, 2.45) is 0 Å². The lowest BCUT2D eigenvalue weighted by molar-refractivity contribution is 0.144. The predicted octanol–water partition coefficient (Wildman–Crippen LogP) is 4.52. The molecule has 0 N–H and O–H groups in total. The van der Waals surface area contributed by atoms with Crippen LogP contribution >= 0.6 is 11.8 Å². The van der Waals surface area contributed by atoms with Crippen LogP contribution in [0.2, 0.25) is 0 Å². The van der Waals surface area contributed by atoms with Crippen LogP contribution in [0.1, 0.15) is 57.6 Å². The highest BCUT2D eigenvalue weighted by Crippen LogP contribution is 2.35. The Morgan fingerprint density at radius 1 is 1.37 bits per heavy atom. The lowest BCUT2D eigenvalue weighted by Crippen LogP contribution is -2.34. The molecule has 0 amide bonds. The van der Waals surface area contributed by atoms with E-state index in [0.717, 1.165) is 5.75 Å². The van der Waals surface area contributed by atoms with Gasteiger partial charge < -0.3 is 0 Å². The van der Waals surface area contributed by atoms with Crippen molar-refractivity contribution in [1.82, 2.24) is 9.88 Å². The summed E-state index contributed by atoms with van der Waals surface area (Å²) in [6, 6.07) is 4.99. The van der Waals surface area contributed by atoms with E-state index in [9.17, 15) is 0 Å². The number of thioether (sulfide) groups is 1. The predicted molar refractivity (Wildman–Crippen MR) is 83.7 cm³/mol. The van der Waals surface area contributed by atoms with E-state index in [1.54, 1.807) is 0 Å². The van der Waals surface area contributed by atoms with Crippen molar-refractivity contribution in [3.8, 4) is 0 Å². The quantitative estimate of drug-likeness (QED) is 0.712. The van der Waals surface area contributed by atoms with Gasteiger partial charge in [0.05, 0.1) is 0 Å². The minimum Gasteiger partial charge on any atom is -0.296 e. The number of pyridine rings is 1. The first-order valence-corrected chi connectivity index (χ1v) is 8.67. The van der Waals surface area contributed by atoms with Gasteiger partial charge in [-0.1, -0.05) is 32.8 Å². The molecule has 2 nitrogen and oxygen atoms in total. The average Bonchev–Trinajstić information content (AvgIpc) is 2.46. The number of piperidine rings is 1. The van der Waals surface area contributed by atoms with Crippen LogP contribution in [0.15, 0.2) is 23.4 Å². The van der Waals surface area contributed by atoms with Crippen LogP contribution in [0, 0.1) is 0 Å². The van der Waals surface area contributed by atoms with Gasteiger partial charge in [0.25, 0.3) is 0 Å². The van der Waals surface area contributed by atoms with E-state index in [4.69, 9.17) is 0 Å². The molecule has 2 rings (SSSR count). The van der Waals surface area contributed by atoms with Crippen molar-refractivity contribution in [3.63, 3.8) is 0 Å². The Kier molecular flexibility index (Phi) is 6.18. The molecule has 0 saturated carbocycles. The summed E-state index contributed by atoms with van der Waals surface area (Å²) in [4.78, 5) is 7.28. The Morgan fingerprint density at radius 2 is 2.26 bits per heavy atom. The van der Waals surface area contributed by atoms with Crippen LogP contribution in [-0.2, 0) is 0 Å². The summed E-state index contributed by atoms with van der Waals surface area (Å²) >= 11 is 1.88. The third-order valence-electron chi connectivity index (χ3n) is 3.85. The molecule has 1 saturated heterocycles. The molecule has 1 atom stereocenters. The van der Waals surface area contributed by atoms with Crippen LogP contribution in [0.3, 0.4) is 0 Å². The van der Waals surface area contributed by atoms with E-state index in [1.807, 2.05) is 18.0 Å². The maximum absolute atomic E-state index is 4.59. The van der Waals surface area contributed by atoms with Crippen molar-refractivity contribution in [1.29, 1.82) is 0 Å². The molecule has 0 bridgehead atoms. The second-order valence-corrected chi connectivity index (χ2v) is 6.48. The summed E-state index contributed by atoms with van der Waals surface area (Å²) < 4.78 is 0. The Bertz CT molecular complexity index is 381. The van der Waals surface area contributed by atoms with Crippen molar-refractivity contribution >= 4 is 11.8 Å². The molecule has 1 aliphatic heterocycles. The summed E-state index contributed by atoms with van der Waals surface area (Å²) in [5.74, 6) is 1.10. The Morgan fingerprint density at radius 3 is 3.05 bits per heavy atom. The standard InChI is InChI=1S/C16H26N2S/c1-3-5-12-18-13-7-6-10-15(18)14-9-8-11-17-16(14)19-4-2/h8-9,11,15H,3-7,10,12-13H2,1-2H3. The maximum Gasteiger partial charge on any atom is 0.101 e. The highest BCUT2D eigenvalue weighted by atomic mass is 32.2. The van der Waals surface area contributed by atoms with Crippen LogP contribution < -0.4 is 0 Å². The molecular weight excluding hydrogens is 252 g/mol. The van der Waals surface area contributed by atoms with Gasteiger partial charge in [0.2, 0.25) is 0 Å². The Labute approximate surface area is 122 Å². The van der Waals surface area contributed by atoms with E-state index >= 15 is 0 Å². The number of rotatable bonds is 6. The van der Waals surface area contributed by atoms with E-state index in [0.29, 0.717) is 6.04 Å². The summed E-state index contributed by atoms with van der Waals surface area (Å²) in [7, 11) is 0. The van der Waals surface area contributed by atoms with E-state index in [1.165, 1.54) is 55.8 Å². The van der Waals surface area contributed by atoms with Gasteiger partial charge in [0, 0.05) is 17.8 Å². The number of nitrogens with zero attached hydrogens (tertiary/aromatic N) is 2. The molecule has 19 heavy (non-hydrogen) atoms. The third-order valence-corrected chi connectivity index (χ3v) is 4.76. The van der Waals surface area contributed by atoms with Gasteiger partial charge in [-0.05, 0) is 44.2 Å². The molecule has 1 aromatic heterocycles. The molecule has 1 aliphatic rings. The fourth-order valence-electron chi connectivity index (χ4n) is 2.89. The molecule has 0 aromatic carbocycles. The molecule has 2 heterocycles.